The van der Waals surface area contributed by atoms with Crippen LogP contribution in [0.5, 0.6) is 0 Å². The highest BCUT2D eigenvalue weighted by Crippen LogP contribution is 2.18. The summed E-state index contributed by atoms with van der Waals surface area (Å²) in [5.74, 6) is -4.64. The van der Waals surface area contributed by atoms with E-state index in [1.807, 2.05) is 4.72 Å². The van der Waals surface area contributed by atoms with Crippen LogP contribution in [0.3, 0.4) is 0 Å². The third-order valence-electron chi connectivity index (χ3n) is 3.90. The molecule has 6 N–H and O–H groups in total. The molecule has 0 saturated carbocycles. The lowest BCUT2D eigenvalue weighted by Crippen LogP contribution is -2.66. The average molecular weight is 450 g/mol. The van der Waals surface area contributed by atoms with E-state index >= 15 is 0 Å². The zero-order chi connectivity index (χ0) is 22.0. The van der Waals surface area contributed by atoms with Crippen molar-refractivity contribution in [2.75, 3.05) is 12.3 Å². The zero-order valence-electron chi connectivity index (χ0n) is 14.6. The Balaban J connectivity index is 2.18. The largest absolute Gasteiger partial charge is 0.480 e. The molecule has 13 nitrogen and oxygen atoms in total. The van der Waals surface area contributed by atoms with Gasteiger partial charge in [0, 0.05) is 0 Å². The molecule has 1 aromatic rings. The number of carbonyl (C=O) groups is 3. The van der Waals surface area contributed by atoms with Crippen molar-refractivity contribution in [1.82, 2.24) is 14.3 Å². The number of hydrogen-bond acceptors (Lipinski definition) is 8. The van der Waals surface area contributed by atoms with Crippen LogP contribution in [0.25, 0.3) is 0 Å². The quantitative estimate of drug-likeness (QED) is 0.192. The monoisotopic (exact) mass is 450 g/mol. The number of nitrogens with one attached hydrogen (secondary N) is 2. The molecule has 160 valence electrons. The van der Waals surface area contributed by atoms with Crippen molar-refractivity contribution in [3.63, 3.8) is 0 Å². The summed E-state index contributed by atoms with van der Waals surface area (Å²) < 4.78 is 57.4. The molecule has 1 aromatic carbocycles. The smallest absolute Gasteiger partial charge is 0.362 e. The SMILES string of the molecule is NC(CS(=O)(=O)NC(C(=O)NC1CN(S(=O)(=O)O)C1=O)c1ccccc1)C(=O)O. The first-order chi connectivity index (χ1) is 13.3. The molecule has 29 heavy (non-hydrogen) atoms. The Bertz CT molecular complexity index is 1010. The van der Waals surface area contributed by atoms with Gasteiger partial charge in [0.25, 0.3) is 5.91 Å². The molecule has 0 aromatic heterocycles. The second-order valence-corrected chi connectivity index (χ2v) is 9.23. The third-order valence-corrected chi connectivity index (χ3v) is 6.17. The maximum Gasteiger partial charge on any atom is 0.362 e. The summed E-state index contributed by atoms with van der Waals surface area (Å²) in [5.41, 5.74) is 5.41. The Morgan fingerprint density at radius 2 is 1.79 bits per heavy atom. The molecule has 0 radical (unpaired) electrons. The Morgan fingerprint density at radius 1 is 1.21 bits per heavy atom. The summed E-state index contributed by atoms with van der Waals surface area (Å²) in [6.45, 7) is -0.526. The Hall–Kier alpha value is -2.59. The van der Waals surface area contributed by atoms with E-state index in [0.717, 1.165) is 0 Å². The standard InChI is InChI=1S/C14H18N4O9S2/c15-9(14(21)22)7-28(23,24)17-11(8-4-2-1-3-5-8)12(19)16-10-6-18(13(10)20)29(25,26)27/h1-5,9-11,17H,6-7,15H2,(H,16,19)(H,21,22)(H,25,26,27). The lowest BCUT2D eigenvalue weighted by atomic mass is 10.1. The summed E-state index contributed by atoms with van der Waals surface area (Å²) >= 11 is 0. The highest BCUT2D eigenvalue weighted by Gasteiger charge is 2.45. The van der Waals surface area contributed by atoms with Crippen LogP contribution in [0.1, 0.15) is 11.6 Å². The van der Waals surface area contributed by atoms with E-state index in [4.69, 9.17) is 15.4 Å². The second-order valence-electron chi connectivity index (χ2n) is 6.10. The average Bonchev–Trinajstić information content (AvgIpc) is 2.61. The molecule has 1 aliphatic rings. The van der Waals surface area contributed by atoms with E-state index in [0.29, 0.717) is 0 Å². The Morgan fingerprint density at radius 3 is 2.28 bits per heavy atom. The normalized spacial score (nSPS) is 19.2. The van der Waals surface area contributed by atoms with Crippen molar-refractivity contribution in [3.05, 3.63) is 35.9 Å². The van der Waals surface area contributed by atoms with Gasteiger partial charge in [0.15, 0.2) is 0 Å². The molecule has 2 rings (SSSR count). The van der Waals surface area contributed by atoms with Gasteiger partial charge in [0.1, 0.15) is 18.1 Å². The highest BCUT2D eigenvalue weighted by atomic mass is 32.2. The first-order valence-corrected chi connectivity index (χ1v) is 11.0. The summed E-state index contributed by atoms with van der Waals surface area (Å²) in [5, 5.41) is 11.0. The van der Waals surface area contributed by atoms with Crippen molar-refractivity contribution in [2.24, 2.45) is 5.73 Å². The van der Waals surface area contributed by atoms with Gasteiger partial charge in [-0.1, -0.05) is 30.3 Å². The summed E-state index contributed by atoms with van der Waals surface area (Å²) in [6.07, 6.45) is 0. The molecule has 1 aliphatic heterocycles. The van der Waals surface area contributed by atoms with Crippen LogP contribution >= 0.6 is 0 Å². The Labute approximate surface area is 165 Å². The molecule has 1 heterocycles. The van der Waals surface area contributed by atoms with E-state index in [1.165, 1.54) is 24.3 Å². The van der Waals surface area contributed by atoms with E-state index in [1.54, 1.807) is 6.07 Å². The van der Waals surface area contributed by atoms with Gasteiger partial charge < -0.3 is 16.2 Å². The fourth-order valence-corrected chi connectivity index (χ4v) is 4.43. The summed E-state index contributed by atoms with van der Waals surface area (Å²) in [6, 6.07) is 2.89. The maximum absolute atomic E-state index is 12.6. The van der Waals surface area contributed by atoms with Crippen molar-refractivity contribution in [1.29, 1.82) is 0 Å². The van der Waals surface area contributed by atoms with Crippen LogP contribution in [0.4, 0.5) is 0 Å². The van der Waals surface area contributed by atoms with Crippen LogP contribution in [-0.4, -0.2) is 73.0 Å². The van der Waals surface area contributed by atoms with Crippen LogP contribution in [0.2, 0.25) is 0 Å². The lowest BCUT2D eigenvalue weighted by Gasteiger charge is -2.36. The van der Waals surface area contributed by atoms with Crippen molar-refractivity contribution >= 4 is 38.1 Å². The van der Waals surface area contributed by atoms with Gasteiger partial charge in [-0.3, -0.25) is 18.9 Å². The number of carboxylic acids is 1. The van der Waals surface area contributed by atoms with Crippen LogP contribution in [0.15, 0.2) is 30.3 Å². The first-order valence-electron chi connectivity index (χ1n) is 7.94. The summed E-state index contributed by atoms with van der Waals surface area (Å²) in [7, 11) is -9.09. The Kier molecular flexibility index (Phi) is 6.59. The number of carboxylic acid groups (broad SMARTS) is 1. The summed E-state index contributed by atoms with van der Waals surface area (Å²) in [4.78, 5) is 35.1. The van der Waals surface area contributed by atoms with Crippen LogP contribution in [-0.2, 0) is 34.7 Å². The number of nitrogens with zero attached hydrogens (tertiary/aromatic N) is 1. The number of nitrogens with two attached hydrogens (primary N) is 1. The van der Waals surface area contributed by atoms with Gasteiger partial charge in [0.05, 0.1) is 12.3 Å². The fourth-order valence-electron chi connectivity index (χ4n) is 2.42. The molecule has 15 heteroatoms. The number of sulfonamides is 1. The minimum absolute atomic E-state index is 0.130. The van der Waals surface area contributed by atoms with Gasteiger partial charge in [-0.25, -0.2) is 12.7 Å². The maximum atomic E-state index is 12.6. The predicted octanol–water partition coefficient (Wildman–Crippen LogP) is -2.81. The minimum atomic E-state index is -4.76. The number of aliphatic carboxylic acids is 1. The first kappa shape index (κ1) is 22.7. The van der Waals surface area contributed by atoms with Crippen LogP contribution in [0, 0.1) is 0 Å². The van der Waals surface area contributed by atoms with Crippen molar-refractivity contribution in [2.45, 2.75) is 18.1 Å². The van der Waals surface area contributed by atoms with Gasteiger partial charge in [-0.2, -0.15) is 13.1 Å². The van der Waals surface area contributed by atoms with E-state index in [-0.39, 0.29) is 9.87 Å². The third kappa shape index (κ3) is 5.70. The van der Waals surface area contributed by atoms with E-state index < -0.39 is 68.5 Å². The van der Waals surface area contributed by atoms with Crippen molar-refractivity contribution < 1.29 is 40.9 Å². The molecule has 0 aliphatic carbocycles. The van der Waals surface area contributed by atoms with Crippen LogP contribution < -0.4 is 15.8 Å². The molecule has 3 atom stereocenters. The van der Waals surface area contributed by atoms with Crippen molar-refractivity contribution in [3.8, 4) is 0 Å². The van der Waals surface area contributed by atoms with Gasteiger partial charge in [-0.05, 0) is 5.56 Å². The molecule has 1 fully saturated rings. The van der Waals surface area contributed by atoms with Gasteiger partial charge in [0.2, 0.25) is 15.9 Å². The number of rotatable bonds is 9. The molecule has 0 spiro atoms. The number of carbonyl (C=O) groups excluding carboxylic acids is 2. The number of β-lactam (4-membered cyclic amide) rings is 1. The zero-order valence-corrected chi connectivity index (χ0v) is 16.3. The fraction of sp³-hybridized carbons (Fsp3) is 0.357. The minimum Gasteiger partial charge on any atom is -0.480 e. The topological polar surface area (TPSA) is 213 Å². The molecule has 3 unspecified atom stereocenters. The highest BCUT2D eigenvalue weighted by molar-refractivity contribution is 7.89. The van der Waals surface area contributed by atoms with Gasteiger partial charge in [-0.15, -0.1) is 0 Å². The second kappa shape index (κ2) is 8.42. The van der Waals surface area contributed by atoms with E-state index in [2.05, 4.69) is 5.32 Å². The molecule has 2 amide bonds. The van der Waals surface area contributed by atoms with Gasteiger partial charge >= 0.3 is 16.3 Å². The molecule has 0 bridgehead atoms. The predicted molar refractivity (Wildman–Crippen MR) is 96.9 cm³/mol. The molecular formula is C14H18N4O9S2. The number of benzene rings is 1. The number of amides is 2. The lowest BCUT2D eigenvalue weighted by molar-refractivity contribution is -0.141. The molecule has 1 saturated heterocycles. The van der Waals surface area contributed by atoms with E-state index in [9.17, 15) is 31.2 Å². The molecular weight excluding hydrogens is 432 g/mol. The number of hydrogen-bond donors (Lipinski definition) is 5.